The summed E-state index contributed by atoms with van der Waals surface area (Å²) in [5.41, 5.74) is 4.10. The van der Waals surface area contributed by atoms with Gasteiger partial charge in [-0.25, -0.2) is 9.97 Å². The predicted octanol–water partition coefficient (Wildman–Crippen LogP) is 4.10. The summed E-state index contributed by atoms with van der Waals surface area (Å²) in [6, 6.07) is 14.8. The lowest BCUT2D eigenvalue weighted by molar-refractivity contribution is 0.102. The number of hydrogen-bond donors (Lipinski definition) is 2. The van der Waals surface area contributed by atoms with E-state index in [1.807, 2.05) is 44.2 Å². The lowest BCUT2D eigenvalue weighted by Crippen LogP contribution is -2.15. The van der Waals surface area contributed by atoms with Gasteiger partial charge in [0.15, 0.2) is 0 Å². The van der Waals surface area contributed by atoms with Crippen molar-refractivity contribution in [3.8, 4) is 5.75 Å². The van der Waals surface area contributed by atoms with Gasteiger partial charge in [0.05, 0.1) is 12.8 Å². The zero-order valence-electron chi connectivity index (χ0n) is 14.9. The van der Waals surface area contributed by atoms with Gasteiger partial charge in [0.25, 0.3) is 5.91 Å². The van der Waals surface area contributed by atoms with E-state index in [9.17, 15) is 4.79 Å². The maximum atomic E-state index is 12.5. The van der Waals surface area contributed by atoms with Crippen molar-refractivity contribution in [1.29, 1.82) is 0 Å². The third-order valence-corrected chi connectivity index (χ3v) is 4.12. The molecule has 6 nitrogen and oxygen atoms in total. The Morgan fingerprint density at radius 1 is 1.00 bits per heavy atom. The van der Waals surface area contributed by atoms with Crippen LogP contribution in [-0.4, -0.2) is 23.0 Å². The fourth-order valence-electron chi connectivity index (χ4n) is 2.51. The highest BCUT2D eigenvalue weighted by Gasteiger charge is 2.12. The van der Waals surface area contributed by atoms with Crippen molar-refractivity contribution in [3.63, 3.8) is 0 Å². The Hall–Kier alpha value is -3.41. The predicted molar refractivity (Wildman–Crippen MR) is 102 cm³/mol. The summed E-state index contributed by atoms with van der Waals surface area (Å²) in [6.07, 6.45) is 1.37. The Balaban J connectivity index is 1.80. The molecule has 0 aliphatic rings. The van der Waals surface area contributed by atoms with E-state index in [-0.39, 0.29) is 11.6 Å². The Morgan fingerprint density at radius 3 is 2.58 bits per heavy atom. The lowest BCUT2D eigenvalue weighted by Gasteiger charge is -2.12. The minimum atomic E-state index is -0.332. The molecule has 0 saturated heterocycles. The van der Waals surface area contributed by atoms with Crippen LogP contribution in [0.1, 0.15) is 21.6 Å². The van der Waals surface area contributed by atoms with Crippen LogP contribution in [0.2, 0.25) is 0 Å². The first kappa shape index (κ1) is 17.4. The van der Waals surface area contributed by atoms with Crippen molar-refractivity contribution in [3.05, 3.63) is 71.7 Å². The van der Waals surface area contributed by atoms with E-state index in [2.05, 4.69) is 20.6 Å². The molecular formula is C20H20N4O2. The number of aryl methyl sites for hydroxylation is 1. The number of ether oxygens (including phenoxy) is 1. The second-order valence-corrected chi connectivity index (χ2v) is 5.82. The number of benzene rings is 2. The smallest absolute Gasteiger partial charge is 0.274 e. The van der Waals surface area contributed by atoms with Gasteiger partial charge in [-0.15, -0.1) is 0 Å². The van der Waals surface area contributed by atoms with Crippen molar-refractivity contribution in [2.75, 3.05) is 17.7 Å². The summed E-state index contributed by atoms with van der Waals surface area (Å²) < 4.78 is 5.25. The molecule has 2 aromatic carbocycles. The molecule has 0 atom stereocenters. The first-order valence-corrected chi connectivity index (χ1v) is 8.18. The number of hydrogen-bond acceptors (Lipinski definition) is 5. The van der Waals surface area contributed by atoms with E-state index in [4.69, 9.17) is 4.74 Å². The number of amides is 1. The topological polar surface area (TPSA) is 76.1 Å². The van der Waals surface area contributed by atoms with Crippen molar-refractivity contribution in [2.45, 2.75) is 13.8 Å². The van der Waals surface area contributed by atoms with Crippen LogP contribution in [-0.2, 0) is 0 Å². The van der Waals surface area contributed by atoms with Crippen LogP contribution in [0.5, 0.6) is 5.75 Å². The molecule has 0 unspecified atom stereocenters. The first-order chi connectivity index (χ1) is 12.6. The fourth-order valence-corrected chi connectivity index (χ4v) is 2.51. The number of aromatic nitrogens is 2. The van der Waals surface area contributed by atoms with Crippen molar-refractivity contribution < 1.29 is 9.53 Å². The quantitative estimate of drug-likeness (QED) is 0.726. The Kier molecular flexibility index (Phi) is 5.12. The van der Waals surface area contributed by atoms with Gasteiger partial charge in [0.2, 0.25) is 0 Å². The molecule has 0 bridgehead atoms. The molecule has 2 N–H and O–H groups in total. The van der Waals surface area contributed by atoms with E-state index in [0.717, 1.165) is 11.3 Å². The molecule has 3 aromatic rings. The number of carbonyl (C=O) groups excluding carboxylic acids is 1. The third-order valence-electron chi connectivity index (χ3n) is 4.12. The van der Waals surface area contributed by atoms with Crippen LogP contribution in [0.15, 0.2) is 54.9 Å². The summed E-state index contributed by atoms with van der Waals surface area (Å²) in [6.45, 7) is 4.08. The highest BCUT2D eigenvalue weighted by atomic mass is 16.5. The number of nitrogens with one attached hydrogen (secondary N) is 2. The average molecular weight is 348 g/mol. The number of anilines is 3. The van der Waals surface area contributed by atoms with Crippen LogP contribution < -0.4 is 15.4 Å². The second-order valence-electron chi connectivity index (χ2n) is 5.82. The van der Waals surface area contributed by atoms with Gasteiger partial charge < -0.3 is 15.4 Å². The zero-order chi connectivity index (χ0) is 18.5. The molecule has 1 amide bonds. The molecule has 26 heavy (non-hydrogen) atoms. The zero-order valence-corrected chi connectivity index (χ0v) is 14.9. The first-order valence-electron chi connectivity index (χ1n) is 8.18. The number of rotatable bonds is 5. The summed E-state index contributed by atoms with van der Waals surface area (Å²) in [4.78, 5) is 20.8. The van der Waals surface area contributed by atoms with Crippen LogP contribution in [0.3, 0.4) is 0 Å². The largest absolute Gasteiger partial charge is 0.495 e. The molecule has 0 saturated carbocycles. The van der Waals surface area contributed by atoms with Crippen LogP contribution in [0.4, 0.5) is 17.2 Å². The SMILES string of the molecule is COc1ccccc1NC(=O)c1cc(Nc2cccc(C)c2C)ncn1. The number of nitrogens with zero attached hydrogens (tertiary/aromatic N) is 2. The van der Waals surface area contributed by atoms with Gasteiger partial charge in [-0.2, -0.15) is 0 Å². The molecule has 1 aromatic heterocycles. The van der Waals surface area contributed by atoms with E-state index in [0.29, 0.717) is 17.3 Å². The molecule has 1 heterocycles. The van der Waals surface area contributed by atoms with Crippen LogP contribution in [0.25, 0.3) is 0 Å². The van der Waals surface area contributed by atoms with E-state index >= 15 is 0 Å². The third kappa shape index (κ3) is 3.80. The van der Waals surface area contributed by atoms with E-state index in [1.165, 1.54) is 11.9 Å². The molecule has 3 rings (SSSR count). The van der Waals surface area contributed by atoms with Gasteiger partial charge in [0, 0.05) is 11.8 Å². The summed E-state index contributed by atoms with van der Waals surface area (Å²) in [5.74, 6) is 0.809. The van der Waals surface area contributed by atoms with Gasteiger partial charge in [-0.3, -0.25) is 4.79 Å². The highest BCUT2D eigenvalue weighted by molar-refractivity contribution is 6.04. The minimum Gasteiger partial charge on any atom is -0.495 e. The molecular weight excluding hydrogens is 328 g/mol. The molecule has 132 valence electrons. The Bertz CT molecular complexity index is 941. The van der Waals surface area contributed by atoms with Crippen molar-refractivity contribution in [1.82, 2.24) is 9.97 Å². The molecule has 0 spiro atoms. The second kappa shape index (κ2) is 7.65. The maximum Gasteiger partial charge on any atom is 0.274 e. The average Bonchev–Trinajstić information content (AvgIpc) is 2.66. The van der Waals surface area contributed by atoms with Gasteiger partial charge in [0.1, 0.15) is 23.6 Å². The standard InChI is InChI=1S/C20H20N4O2/c1-13-7-6-9-15(14(13)2)23-19-11-17(21-12-22-19)20(25)24-16-8-4-5-10-18(16)26-3/h4-12H,1-3H3,(H,24,25)(H,21,22,23). The fraction of sp³-hybridized carbons (Fsp3) is 0.150. The maximum absolute atomic E-state index is 12.5. The summed E-state index contributed by atoms with van der Waals surface area (Å²) in [5, 5.41) is 6.05. The van der Waals surface area contributed by atoms with Gasteiger partial charge in [-0.05, 0) is 43.2 Å². The number of carbonyl (C=O) groups is 1. The summed E-state index contributed by atoms with van der Waals surface area (Å²) in [7, 11) is 1.56. The van der Waals surface area contributed by atoms with E-state index < -0.39 is 0 Å². The molecule has 0 radical (unpaired) electrons. The number of para-hydroxylation sites is 2. The molecule has 6 heteroatoms. The van der Waals surface area contributed by atoms with Gasteiger partial charge >= 0.3 is 0 Å². The van der Waals surface area contributed by atoms with Gasteiger partial charge in [-0.1, -0.05) is 24.3 Å². The molecule has 0 aliphatic carbocycles. The Labute approximate surface area is 152 Å². The number of methoxy groups -OCH3 is 1. The Morgan fingerprint density at radius 2 is 1.77 bits per heavy atom. The monoisotopic (exact) mass is 348 g/mol. The van der Waals surface area contributed by atoms with Crippen molar-refractivity contribution in [2.24, 2.45) is 0 Å². The summed E-state index contributed by atoms with van der Waals surface area (Å²) >= 11 is 0. The normalized spacial score (nSPS) is 10.3. The minimum absolute atomic E-state index is 0.263. The molecule has 0 aliphatic heterocycles. The van der Waals surface area contributed by atoms with E-state index in [1.54, 1.807) is 25.3 Å². The van der Waals surface area contributed by atoms with Crippen molar-refractivity contribution >= 4 is 23.1 Å². The van der Waals surface area contributed by atoms with Crippen LogP contribution >= 0.6 is 0 Å². The van der Waals surface area contributed by atoms with Crippen LogP contribution in [0, 0.1) is 13.8 Å². The molecule has 0 fully saturated rings. The lowest BCUT2D eigenvalue weighted by atomic mass is 10.1. The highest BCUT2D eigenvalue weighted by Crippen LogP contribution is 2.24.